The number of carbonyl (C=O) groups excluding carboxylic acids is 1. The van der Waals surface area contributed by atoms with E-state index in [1.165, 1.54) is 22.3 Å². The summed E-state index contributed by atoms with van der Waals surface area (Å²) in [6.45, 7) is 10.5. The van der Waals surface area contributed by atoms with E-state index >= 15 is 0 Å². The zero-order valence-corrected chi connectivity index (χ0v) is 10.3. The molecule has 0 heterocycles. The van der Waals surface area contributed by atoms with Gasteiger partial charge in [0.15, 0.2) is 0 Å². The van der Waals surface area contributed by atoms with Crippen LogP contribution in [0.1, 0.15) is 42.0 Å². The molecule has 1 rings (SSSR count). The predicted molar refractivity (Wildman–Crippen MR) is 64.3 cm³/mol. The summed E-state index contributed by atoms with van der Waals surface area (Å²) >= 11 is 0. The van der Waals surface area contributed by atoms with Crippen molar-refractivity contribution in [2.45, 2.75) is 40.5 Å². The van der Waals surface area contributed by atoms with Crippen LogP contribution < -0.4 is 0 Å². The fraction of sp³-hybridized carbons (Fsp3) is 0.500. The van der Waals surface area contributed by atoms with Crippen molar-refractivity contribution in [1.29, 1.82) is 0 Å². The Morgan fingerprint density at radius 3 is 1.87 bits per heavy atom. The molecule has 0 aliphatic carbocycles. The lowest BCUT2D eigenvalue weighted by Gasteiger charge is -2.20. The Hall–Kier alpha value is -1.11. The maximum Gasteiger partial charge on any atom is 0.127 e. The SMILES string of the molecule is Cc1cc(C)c(C(C=O)C(C)C)c(C)c1. The molecule has 0 fully saturated rings. The fourth-order valence-electron chi connectivity index (χ4n) is 2.28. The van der Waals surface area contributed by atoms with Gasteiger partial charge in [-0.2, -0.15) is 0 Å². The van der Waals surface area contributed by atoms with Crippen molar-refractivity contribution in [3.05, 3.63) is 34.4 Å². The molecular weight excluding hydrogens is 184 g/mol. The number of hydrogen-bond donors (Lipinski definition) is 0. The van der Waals surface area contributed by atoms with Crippen LogP contribution in [0.4, 0.5) is 0 Å². The highest BCUT2D eigenvalue weighted by Crippen LogP contribution is 2.29. The monoisotopic (exact) mass is 204 g/mol. The van der Waals surface area contributed by atoms with E-state index in [1.807, 2.05) is 0 Å². The molecule has 0 aliphatic rings. The maximum absolute atomic E-state index is 11.1. The molecule has 82 valence electrons. The van der Waals surface area contributed by atoms with E-state index in [1.54, 1.807) is 0 Å². The van der Waals surface area contributed by atoms with Crippen molar-refractivity contribution in [2.75, 3.05) is 0 Å². The molecule has 1 heteroatoms. The molecule has 0 amide bonds. The minimum atomic E-state index is 0.0330. The normalized spacial score (nSPS) is 12.9. The second-order valence-corrected chi connectivity index (χ2v) is 4.72. The van der Waals surface area contributed by atoms with Crippen LogP contribution in [0, 0.1) is 26.7 Å². The van der Waals surface area contributed by atoms with Crippen molar-refractivity contribution in [2.24, 2.45) is 5.92 Å². The standard InChI is InChI=1S/C14H20O/c1-9(2)13(8-15)14-11(4)6-10(3)7-12(14)5/h6-9,13H,1-5H3. The Morgan fingerprint density at radius 2 is 1.53 bits per heavy atom. The van der Waals surface area contributed by atoms with Crippen molar-refractivity contribution >= 4 is 6.29 Å². The van der Waals surface area contributed by atoms with Gasteiger partial charge in [-0.15, -0.1) is 0 Å². The molecule has 15 heavy (non-hydrogen) atoms. The van der Waals surface area contributed by atoms with Crippen LogP contribution in [0.2, 0.25) is 0 Å². The lowest BCUT2D eigenvalue weighted by atomic mass is 9.84. The summed E-state index contributed by atoms with van der Waals surface area (Å²) in [5.74, 6) is 0.396. The zero-order chi connectivity index (χ0) is 11.6. The Bertz CT molecular complexity index is 341. The van der Waals surface area contributed by atoms with Gasteiger partial charge in [-0.1, -0.05) is 31.5 Å². The van der Waals surface area contributed by atoms with Crippen LogP contribution >= 0.6 is 0 Å². The first-order valence-electron chi connectivity index (χ1n) is 5.50. The predicted octanol–water partition coefficient (Wildman–Crippen LogP) is 3.55. The van der Waals surface area contributed by atoms with Gasteiger partial charge in [0.05, 0.1) is 0 Å². The topological polar surface area (TPSA) is 17.1 Å². The van der Waals surface area contributed by atoms with Gasteiger partial charge in [-0.3, -0.25) is 0 Å². The van der Waals surface area contributed by atoms with Gasteiger partial charge >= 0.3 is 0 Å². The van der Waals surface area contributed by atoms with Crippen molar-refractivity contribution in [3.63, 3.8) is 0 Å². The van der Waals surface area contributed by atoms with E-state index in [4.69, 9.17) is 0 Å². The summed E-state index contributed by atoms with van der Waals surface area (Å²) in [5.41, 5.74) is 4.95. The van der Waals surface area contributed by atoms with Gasteiger partial charge in [0.2, 0.25) is 0 Å². The lowest BCUT2D eigenvalue weighted by Crippen LogP contribution is -2.11. The quantitative estimate of drug-likeness (QED) is 0.688. The Morgan fingerprint density at radius 1 is 1.07 bits per heavy atom. The molecule has 1 unspecified atom stereocenters. The van der Waals surface area contributed by atoms with Crippen molar-refractivity contribution in [1.82, 2.24) is 0 Å². The average Bonchev–Trinajstić information content (AvgIpc) is 2.09. The molecule has 1 aromatic carbocycles. The number of carbonyl (C=O) groups is 1. The third kappa shape index (κ3) is 2.47. The van der Waals surface area contributed by atoms with Crippen LogP contribution in [0.25, 0.3) is 0 Å². The molecule has 1 atom stereocenters. The smallest absolute Gasteiger partial charge is 0.127 e. The van der Waals surface area contributed by atoms with Gasteiger partial charge in [-0.05, 0) is 43.4 Å². The molecule has 0 spiro atoms. The van der Waals surface area contributed by atoms with Crippen molar-refractivity contribution in [3.8, 4) is 0 Å². The molecule has 0 N–H and O–H groups in total. The minimum absolute atomic E-state index is 0.0330. The highest BCUT2D eigenvalue weighted by atomic mass is 16.1. The van der Waals surface area contributed by atoms with E-state index in [2.05, 4.69) is 46.8 Å². The Kier molecular flexibility index (Phi) is 3.67. The van der Waals surface area contributed by atoms with E-state index in [0.717, 1.165) is 6.29 Å². The summed E-state index contributed by atoms with van der Waals surface area (Å²) < 4.78 is 0. The third-order valence-corrected chi connectivity index (χ3v) is 2.94. The first-order chi connectivity index (χ1) is 6.97. The Labute approximate surface area is 92.5 Å². The molecule has 0 saturated heterocycles. The molecule has 0 bridgehead atoms. The van der Waals surface area contributed by atoms with Crippen LogP contribution in [0.15, 0.2) is 12.1 Å². The lowest BCUT2D eigenvalue weighted by molar-refractivity contribution is -0.109. The zero-order valence-electron chi connectivity index (χ0n) is 10.3. The molecule has 0 aliphatic heterocycles. The summed E-state index contributed by atoms with van der Waals surface area (Å²) in [6.07, 6.45) is 1.08. The molecule has 0 aromatic heterocycles. The second kappa shape index (κ2) is 4.61. The molecule has 0 saturated carbocycles. The molecule has 1 nitrogen and oxygen atoms in total. The summed E-state index contributed by atoms with van der Waals surface area (Å²) in [6, 6.07) is 4.31. The number of aldehydes is 1. The first kappa shape index (κ1) is 12.0. The second-order valence-electron chi connectivity index (χ2n) is 4.72. The highest BCUT2D eigenvalue weighted by molar-refractivity contribution is 5.65. The van der Waals surface area contributed by atoms with Crippen LogP contribution in [0.5, 0.6) is 0 Å². The first-order valence-corrected chi connectivity index (χ1v) is 5.50. The molecular formula is C14H20O. The van der Waals surface area contributed by atoms with E-state index in [-0.39, 0.29) is 5.92 Å². The van der Waals surface area contributed by atoms with Crippen LogP contribution in [-0.4, -0.2) is 6.29 Å². The number of rotatable bonds is 3. The average molecular weight is 204 g/mol. The minimum Gasteiger partial charge on any atom is -0.303 e. The number of hydrogen-bond acceptors (Lipinski definition) is 1. The van der Waals surface area contributed by atoms with Gasteiger partial charge in [0, 0.05) is 5.92 Å². The van der Waals surface area contributed by atoms with Crippen molar-refractivity contribution < 1.29 is 4.79 Å². The fourth-order valence-corrected chi connectivity index (χ4v) is 2.28. The highest BCUT2D eigenvalue weighted by Gasteiger charge is 2.18. The summed E-state index contributed by atoms with van der Waals surface area (Å²) in [5, 5.41) is 0. The summed E-state index contributed by atoms with van der Waals surface area (Å²) in [7, 11) is 0. The number of benzene rings is 1. The van der Waals surface area contributed by atoms with Gasteiger partial charge in [0.1, 0.15) is 6.29 Å². The van der Waals surface area contributed by atoms with E-state index < -0.39 is 0 Å². The van der Waals surface area contributed by atoms with E-state index in [9.17, 15) is 4.79 Å². The maximum atomic E-state index is 11.1. The Balaban J connectivity index is 3.29. The van der Waals surface area contributed by atoms with Gasteiger partial charge in [-0.25, -0.2) is 0 Å². The van der Waals surface area contributed by atoms with Gasteiger partial charge in [0.25, 0.3) is 0 Å². The molecule has 0 radical (unpaired) electrons. The largest absolute Gasteiger partial charge is 0.303 e. The molecule has 1 aromatic rings. The van der Waals surface area contributed by atoms with Crippen LogP contribution in [-0.2, 0) is 4.79 Å². The van der Waals surface area contributed by atoms with Gasteiger partial charge < -0.3 is 4.79 Å². The summed E-state index contributed by atoms with van der Waals surface area (Å²) in [4.78, 5) is 11.1. The third-order valence-electron chi connectivity index (χ3n) is 2.94. The van der Waals surface area contributed by atoms with E-state index in [0.29, 0.717) is 5.92 Å². The van der Waals surface area contributed by atoms with Crippen LogP contribution in [0.3, 0.4) is 0 Å². The number of aryl methyl sites for hydroxylation is 3.